The molecule has 1 N–H and O–H groups in total. The fourth-order valence-electron chi connectivity index (χ4n) is 3.59. The van der Waals surface area contributed by atoms with Crippen LogP contribution in [0.2, 0.25) is 4.34 Å². The first kappa shape index (κ1) is 17.7. The zero-order valence-corrected chi connectivity index (χ0v) is 15.5. The first-order chi connectivity index (χ1) is 11.6. The molecule has 0 aromatic carbocycles. The van der Waals surface area contributed by atoms with E-state index in [-0.39, 0.29) is 17.7 Å². The summed E-state index contributed by atoms with van der Waals surface area (Å²) in [7, 11) is 1.96. The maximum Gasteiger partial charge on any atom is 0.263 e. The molecule has 0 aliphatic carbocycles. The van der Waals surface area contributed by atoms with Gasteiger partial charge in [0.15, 0.2) is 0 Å². The van der Waals surface area contributed by atoms with Crippen LogP contribution in [0.3, 0.4) is 0 Å². The lowest BCUT2D eigenvalue weighted by molar-refractivity contribution is -0.138. The fraction of sp³-hybridized carbons (Fsp3) is 0.647. The Labute approximate surface area is 152 Å². The maximum absolute atomic E-state index is 12.7. The smallest absolute Gasteiger partial charge is 0.263 e. The summed E-state index contributed by atoms with van der Waals surface area (Å²) in [5.74, 6) is 0.351. The van der Waals surface area contributed by atoms with Gasteiger partial charge in [0.1, 0.15) is 0 Å². The minimum absolute atomic E-state index is 0.0334. The zero-order valence-electron chi connectivity index (χ0n) is 14.0. The van der Waals surface area contributed by atoms with Gasteiger partial charge in [0, 0.05) is 38.1 Å². The van der Waals surface area contributed by atoms with Crippen LogP contribution in [0.25, 0.3) is 0 Å². The molecule has 24 heavy (non-hydrogen) atoms. The SMILES string of the molecule is CNC1CCCN(C(=O)C2CCN(C(=O)c3ccc(Cl)s3)CC2)C1. The number of likely N-dealkylation sites (N-methyl/N-ethyl adjacent to an activating group) is 1. The highest BCUT2D eigenvalue weighted by Crippen LogP contribution is 2.26. The van der Waals surface area contributed by atoms with Crippen LogP contribution >= 0.6 is 22.9 Å². The van der Waals surface area contributed by atoms with Crippen LogP contribution in [0.15, 0.2) is 12.1 Å². The number of carbonyl (C=O) groups is 2. The Balaban J connectivity index is 1.53. The molecule has 0 saturated carbocycles. The number of rotatable bonds is 3. The topological polar surface area (TPSA) is 52.7 Å². The van der Waals surface area contributed by atoms with Crippen LogP contribution in [-0.4, -0.2) is 60.9 Å². The summed E-state index contributed by atoms with van der Waals surface area (Å²) in [6.07, 6.45) is 3.71. The zero-order chi connectivity index (χ0) is 17.1. The quantitative estimate of drug-likeness (QED) is 0.890. The van der Waals surface area contributed by atoms with E-state index >= 15 is 0 Å². The molecule has 3 rings (SSSR count). The number of likely N-dealkylation sites (tertiary alicyclic amines) is 2. The highest BCUT2D eigenvalue weighted by Gasteiger charge is 2.32. The molecule has 2 fully saturated rings. The lowest BCUT2D eigenvalue weighted by atomic mass is 9.93. The van der Waals surface area contributed by atoms with Crippen LogP contribution in [0, 0.1) is 5.92 Å². The standard InChI is InChI=1S/C17H24ClN3O2S/c1-19-13-3-2-8-21(11-13)16(22)12-6-9-20(10-7-12)17(23)14-4-5-15(18)24-14/h4-5,12-13,19H,2-3,6-11H2,1H3. The molecule has 0 radical (unpaired) electrons. The van der Waals surface area contributed by atoms with E-state index in [0.717, 1.165) is 38.8 Å². The lowest BCUT2D eigenvalue weighted by Crippen LogP contribution is -2.50. The normalized spacial score (nSPS) is 22.7. The lowest BCUT2D eigenvalue weighted by Gasteiger charge is -2.37. The fourth-order valence-corrected chi connectivity index (χ4v) is 4.60. The van der Waals surface area contributed by atoms with Gasteiger partial charge in [-0.3, -0.25) is 9.59 Å². The predicted molar refractivity (Wildman–Crippen MR) is 96.6 cm³/mol. The Kier molecular flexibility index (Phi) is 5.79. The van der Waals surface area contributed by atoms with E-state index in [9.17, 15) is 9.59 Å². The maximum atomic E-state index is 12.7. The van der Waals surface area contributed by atoms with Gasteiger partial charge < -0.3 is 15.1 Å². The summed E-state index contributed by atoms with van der Waals surface area (Å²) >= 11 is 7.22. The van der Waals surface area contributed by atoms with Crippen molar-refractivity contribution in [3.63, 3.8) is 0 Å². The minimum atomic E-state index is 0.0334. The average Bonchev–Trinajstić information content (AvgIpc) is 3.07. The molecule has 2 saturated heterocycles. The average molecular weight is 370 g/mol. The number of piperidine rings is 2. The van der Waals surface area contributed by atoms with Crippen LogP contribution in [0.5, 0.6) is 0 Å². The van der Waals surface area contributed by atoms with Crippen LogP contribution in [0.1, 0.15) is 35.4 Å². The van der Waals surface area contributed by atoms with Crippen LogP contribution in [0.4, 0.5) is 0 Å². The monoisotopic (exact) mass is 369 g/mol. The van der Waals surface area contributed by atoms with E-state index in [4.69, 9.17) is 11.6 Å². The number of nitrogens with one attached hydrogen (secondary N) is 1. The van der Waals surface area contributed by atoms with E-state index < -0.39 is 0 Å². The van der Waals surface area contributed by atoms with E-state index in [1.54, 1.807) is 12.1 Å². The third-order valence-electron chi connectivity index (χ3n) is 5.06. The summed E-state index contributed by atoms with van der Waals surface area (Å²) in [4.78, 5) is 29.7. The Bertz CT molecular complexity index is 598. The van der Waals surface area contributed by atoms with E-state index in [2.05, 4.69) is 5.32 Å². The highest BCUT2D eigenvalue weighted by atomic mass is 35.5. The minimum Gasteiger partial charge on any atom is -0.341 e. The molecule has 1 aromatic heterocycles. The Morgan fingerprint density at radius 2 is 1.92 bits per heavy atom. The van der Waals surface area contributed by atoms with Crippen molar-refractivity contribution in [2.24, 2.45) is 5.92 Å². The number of hydrogen-bond donors (Lipinski definition) is 1. The molecule has 2 aliphatic heterocycles. The molecule has 132 valence electrons. The molecule has 1 aromatic rings. The second-order valence-corrected chi connectivity index (χ2v) is 8.30. The second kappa shape index (κ2) is 7.85. The number of hydrogen-bond acceptors (Lipinski definition) is 4. The molecule has 2 amide bonds. The number of amides is 2. The van der Waals surface area contributed by atoms with E-state index in [0.29, 0.717) is 28.3 Å². The van der Waals surface area contributed by atoms with Crippen molar-refractivity contribution < 1.29 is 9.59 Å². The third-order valence-corrected chi connectivity index (χ3v) is 6.28. The molecule has 7 heteroatoms. The van der Waals surface area contributed by atoms with Crippen molar-refractivity contribution in [2.75, 3.05) is 33.2 Å². The summed E-state index contributed by atoms with van der Waals surface area (Å²) in [6.45, 7) is 2.97. The number of thiophene rings is 1. The molecule has 3 heterocycles. The van der Waals surface area contributed by atoms with Crippen molar-refractivity contribution >= 4 is 34.8 Å². The van der Waals surface area contributed by atoms with Crippen molar-refractivity contribution in [1.82, 2.24) is 15.1 Å². The van der Waals surface area contributed by atoms with Crippen LogP contribution < -0.4 is 5.32 Å². The molecule has 1 atom stereocenters. The summed E-state index contributed by atoms with van der Waals surface area (Å²) in [5, 5.41) is 3.28. The Morgan fingerprint density at radius 3 is 2.54 bits per heavy atom. The molecule has 2 aliphatic rings. The van der Waals surface area contributed by atoms with Gasteiger partial charge >= 0.3 is 0 Å². The van der Waals surface area contributed by atoms with Crippen molar-refractivity contribution in [1.29, 1.82) is 0 Å². The van der Waals surface area contributed by atoms with Crippen molar-refractivity contribution in [2.45, 2.75) is 31.7 Å². The Hall–Kier alpha value is -1.11. The van der Waals surface area contributed by atoms with Crippen LogP contribution in [-0.2, 0) is 4.79 Å². The van der Waals surface area contributed by atoms with Gasteiger partial charge in [-0.1, -0.05) is 11.6 Å². The van der Waals surface area contributed by atoms with Crippen molar-refractivity contribution in [3.8, 4) is 0 Å². The van der Waals surface area contributed by atoms with Gasteiger partial charge in [-0.25, -0.2) is 0 Å². The summed E-state index contributed by atoms with van der Waals surface area (Å²) in [6, 6.07) is 3.94. The number of nitrogens with zero attached hydrogens (tertiary/aromatic N) is 2. The van der Waals surface area contributed by atoms with E-state index in [1.165, 1.54) is 11.3 Å². The number of halogens is 1. The van der Waals surface area contributed by atoms with Gasteiger partial charge in [-0.2, -0.15) is 0 Å². The predicted octanol–water partition coefficient (Wildman–Crippen LogP) is 2.46. The second-order valence-electron chi connectivity index (χ2n) is 6.58. The van der Waals surface area contributed by atoms with Gasteiger partial charge in [-0.15, -0.1) is 11.3 Å². The van der Waals surface area contributed by atoms with Crippen molar-refractivity contribution in [3.05, 3.63) is 21.3 Å². The van der Waals surface area contributed by atoms with Gasteiger partial charge in [0.25, 0.3) is 5.91 Å². The molecule has 0 spiro atoms. The van der Waals surface area contributed by atoms with Gasteiger partial charge in [0.2, 0.25) is 5.91 Å². The summed E-state index contributed by atoms with van der Waals surface area (Å²) < 4.78 is 0.632. The highest BCUT2D eigenvalue weighted by molar-refractivity contribution is 7.17. The molecule has 0 bridgehead atoms. The first-order valence-electron chi connectivity index (χ1n) is 8.59. The molecule has 5 nitrogen and oxygen atoms in total. The largest absolute Gasteiger partial charge is 0.341 e. The molecular weight excluding hydrogens is 346 g/mol. The first-order valence-corrected chi connectivity index (χ1v) is 9.78. The Morgan fingerprint density at radius 1 is 1.17 bits per heavy atom. The molecular formula is C17H24ClN3O2S. The summed E-state index contributed by atoms with van der Waals surface area (Å²) in [5.41, 5.74) is 0. The number of carbonyl (C=O) groups excluding carboxylic acids is 2. The van der Waals surface area contributed by atoms with Gasteiger partial charge in [-0.05, 0) is 44.9 Å². The third kappa shape index (κ3) is 3.92. The van der Waals surface area contributed by atoms with Gasteiger partial charge in [0.05, 0.1) is 9.21 Å². The molecule has 1 unspecified atom stereocenters. The van der Waals surface area contributed by atoms with E-state index in [1.807, 2.05) is 16.8 Å².